The van der Waals surface area contributed by atoms with Gasteiger partial charge in [-0.3, -0.25) is 9.59 Å². The van der Waals surface area contributed by atoms with Gasteiger partial charge in [0, 0.05) is 12.5 Å². The van der Waals surface area contributed by atoms with Crippen LogP contribution in [-0.2, 0) is 14.3 Å². The third-order valence-corrected chi connectivity index (χ3v) is 5.91. The summed E-state index contributed by atoms with van der Waals surface area (Å²) in [6.07, 6.45) is 3.89. The number of carbonyl (C=O) groups is 3. The van der Waals surface area contributed by atoms with E-state index in [1.54, 1.807) is 0 Å². The van der Waals surface area contributed by atoms with E-state index in [4.69, 9.17) is 9.84 Å². The van der Waals surface area contributed by atoms with Crippen molar-refractivity contribution >= 4 is 18.0 Å². The minimum atomic E-state index is -1.19. The van der Waals surface area contributed by atoms with Crippen LogP contribution in [0.25, 0.3) is 11.1 Å². The van der Waals surface area contributed by atoms with Gasteiger partial charge in [0.15, 0.2) is 0 Å². The smallest absolute Gasteiger partial charge is 0.407 e. The molecule has 0 aromatic heterocycles. The third kappa shape index (κ3) is 6.57. The standard InChI is InChI=1S/C26H32N2O5/c1-2-3-4-5-10-15-27-25(31)23(16-24(29)30)28-26(32)33-17-22-20-13-8-6-11-18(20)19-12-7-9-14-21(19)22/h6-9,11-14,22-23H,2-5,10,15-17H2,1H3,(H,27,31)(H,28,32)(H,29,30). The van der Waals surface area contributed by atoms with Gasteiger partial charge < -0.3 is 20.5 Å². The first-order valence-corrected chi connectivity index (χ1v) is 11.6. The number of carbonyl (C=O) groups excluding carboxylic acids is 2. The average Bonchev–Trinajstić information content (AvgIpc) is 3.13. The zero-order valence-corrected chi connectivity index (χ0v) is 19.0. The van der Waals surface area contributed by atoms with Gasteiger partial charge in [0.2, 0.25) is 5.91 Å². The van der Waals surface area contributed by atoms with Crippen molar-refractivity contribution in [3.05, 3.63) is 59.7 Å². The molecule has 0 heterocycles. The fourth-order valence-corrected chi connectivity index (χ4v) is 4.23. The highest BCUT2D eigenvalue weighted by atomic mass is 16.5. The molecule has 3 N–H and O–H groups in total. The van der Waals surface area contributed by atoms with Crippen molar-refractivity contribution in [2.24, 2.45) is 0 Å². The summed E-state index contributed by atoms with van der Waals surface area (Å²) in [6, 6.07) is 14.8. The Morgan fingerprint density at radius 2 is 1.55 bits per heavy atom. The van der Waals surface area contributed by atoms with Gasteiger partial charge in [-0.15, -0.1) is 0 Å². The lowest BCUT2D eigenvalue weighted by Crippen LogP contribution is -2.48. The van der Waals surface area contributed by atoms with Gasteiger partial charge in [-0.2, -0.15) is 0 Å². The molecule has 1 aliphatic rings. The van der Waals surface area contributed by atoms with Crippen LogP contribution in [-0.4, -0.2) is 42.3 Å². The number of ether oxygens (including phenoxy) is 1. The molecule has 0 saturated carbocycles. The first kappa shape index (κ1) is 24.3. The van der Waals surface area contributed by atoms with E-state index >= 15 is 0 Å². The number of benzene rings is 2. The SMILES string of the molecule is CCCCCCCNC(=O)C(CC(=O)O)NC(=O)OCC1c2ccccc2-c2ccccc21. The number of unbranched alkanes of at least 4 members (excludes halogenated alkanes) is 4. The maximum atomic E-state index is 12.5. The molecule has 0 aliphatic heterocycles. The Kier molecular flexibility index (Phi) is 8.87. The Morgan fingerprint density at radius 3 is 2.15 bits per heavy atom. The Hall–Kier alpha value is -3.35. The molecule has 7 heteroatoms. The van der Waals surface area contributed by atoms with Gasteiger partial charge in [-0.05, 0) is 28.7 Å². The summed E-state index contributed by atoms with van der Waals surface area (Å²) in [4.78, 5) is 36.1. The molecule has 2 aromatic rings. The average molecular weight is 453 g/mol. The zero-order chi connectivity index (χ0) is 23.6. The molecule has 0 bridgehead atoms. The minimum Gasteiger partial charge on any atom is -0.481 e. The predicted molar refractivity (Wildman–Crippen MR) is 126 cm³/mol. The van der Waals surface area contributed by atoms with E-state index in [1.165, 1.54) is 0 Å². The first-order chi connectivity index (χ1) is 16.0. The quantitative estimate of drug-likeness (QED) is 0.413. The minimum absolute atomic E-state index is 0.0959. The molecule has 0 radical (unpaired) electrons. The lowest BCUT2D eigenvalue weighted by Gasteiger charge is -2.18. The van der Waals surface area contributed by atoms with Crippen LogP contribution in [0.2, 0.25) is 0 Å². The van der Waals surface area contributed by atoms with Crippen molar-refractivity contribution in [3.8, 4) is 11.1 Å². The maximum Gasteiger partial charge on any atom is 0.407 e. The second kappa shape index (κ2) is 12.0. The highest BCUT2D eigenvalue weighted by molar-refractivity contribution is 5.89. The molecule has 3 rings (SSSR count). The number of amides is 2. The number of hydrogen-bond acceptors (Lipinski definition) is 4. The Morgan fingerprint density at radius 1 is 0.939 bits per heavy atom. The zero-order valence-electron chi connectivity index (χ0n) is 19.0. The van der Waals surface area contributed by atoms with Gasteiger partial charge in [0.1, 0.15) is 12.6 Å². The summed E-state index contributed by atoms with van der Waals surface area (Å²) in [7, 11) is 0. The third-order valence-electron chi connectivity index (χ3n) is 5.91. The number of fused-ring (bicyclic) bond motifs is 3. The number of hydrogen-bond donors (Lipinski definition) is 3. The summed E-state index contributed by atoms with van der Waals surface area (Å²) in [5, 5.41) is 14.3. The van der Waals surface area contributed by atoms with Gasteiger partial charge in [-0.25, -0.2) is 4.79 Å². The summed E-state index contributed by atoms with van der Waals surface area (Å²) in [6.45, 7) is 2.68. The molecule has 33 heavy (non-hydrogen) atoms. The van der Waals surface area contributed by atoms with Gasteiger partial charge in [0.05, 0.1) is 6.42 Å². The second-order valence-electron chi connectivity index (χ2n) is 8.33. The summed E-state index contributed by atoms with van der Waals surface area (Å²) < 4.78 is 5.45. The van der Waals surface area contributed by atoms with E-state index in [0.717, 1.165) is 54.4 Å². The van der Waals surface area contributed by atoms with Crippen LogP contribution < -0.4 is 10.6 Å². The van der Waals surface area contributed by atoms with Crippen molar-refractivity contribution in [2.75, 3.05) is 13.2 Å². The van der Waals surface area contributed by atoms with Crippen LogP contribution in [0.5, 0.6) is 0 Å². The van der Waals surface area contributed by atoms with E-state index in [2.05, 4.69) is 17.6 Å². The summed E-state index contributed by atoms with van der Waals surface area (Å²) >= 11 is 0. The van der Waals surface area contributed by atoms with Crippen molar-refractivity contribution < 1.29 is 24.2 Å². The molecule has 1 aliphatic carbocycles. The van der Waals surface area contributed by atoms with Crippen LogP contribution in [0.15, 0.2) is 48.5 Å². The van der Waals surface area contributed by atoms with E-state index < -0.39 is 30.4 Å². The Labute approximate surface area is 194 Å². The summed E-state index contributed by atoms with van der Waals surface area (Å²) in [5.41, 5.74) is 4.39. The van der Waals surface area contributed by atoms with Gasteiger partial charge in [0.25, 0.3) is 0 Å². The van der Waals surface area contributed by atoms with Crippen molar-refractivity contribution in [2.45, 2.75) is 57.4 Å². The fraction of sp³-hybridized carbons (Fsp3) is 0.423. The number of carboxylic acids is 1. The molecule has 7 nitrogen and oxygen atoms in total. The number of nitrogens with one attached hydrogen (secondary N) is 2. The van der Waals surface area contributed by atoms with E-state index in [0.29, 0.717) is 6.54 Å². The van der Waals surface area contributed by atoms with Crippen LogP contribution in [0.4, 0.5) is 4.79 Å². The second-order valence-corrected chi connectivity index (χ2v) is 8.33. The Bertz CT molecular complexity index is 929. The van der Waals surface area contributed by atoms with Crippen LogP contribution in [0, 0.1) is 0 Å². The predicted octanol–water partition coefficient (Wildman–Crippen LogP) is 4.46. The van der Waals surface area contributed by atoms with Crippen molar-refractivity contribution in [1.29, 1.82) is 0 Å². The van der Waals surface area contributed by atoms with E-state index in [9.17, 15) is 14.4 Å². The van der Waals surface area contributed by atoms with Crippen LogP contribution in [0.3, 0.4) is 0 Å². The highest BCUT2D eigenvalue weighted by Crippen LogP contribution is 2.44. The van der Waals surface area contributed by atoms with Gasteiger partial charge >= 0.3 is 12.1 Å². The van der Waals surface area contributed by atoms with E-state index in [1.807, 2.05) is 48.5 Å². The number of alkyl carbamates (subject to hydrolysis) is 1. The topological polar surface area (TPSA) is 105 Å². The fourth-order valence-electron chi connectivity index (χ4n) is 4.23. The lowest BCUT2D eigenvalue weighted by atomic mass is 9.98. The van der Waals surface area contributed by atoms with Crippen molar-refractivity contribution in [1.82, 2.24) is 10.6 Å². The molecule has 1 atom stereocenters. The Balaban J connectivity index is 1.55. The molecule has 0 spiro atoms. The van der Waals surface area contributed by atoms with E-state index in [-0.39, 0.29) is 12.5 Å². The number of carboxylic acid groups (broad SMARTS) is 1. The molecular weight excluding hydrogens is 420 g/mol. The molecule has 1 unspecified atom stereocenters. The molecule has 2 amide bonds. The molecule has 2 aromatic carbocycles. The molecular formula is C26H32N2O5. The number of aliphatic carboxylic acids is 1. The molecule has 0 fully saturated rings. The first-order valence-electron chi connectivity index (χ1n) is 11.6. The highest BCUT2D eigenvalue weighted by Gasteiger charge is 2.30. The molecule has 0 saturated heterocycles. The number of rotatable bonds is 12. The molecule has 176 valence electrons. The van der Waals surface area contributed by atoms with Crippen molar-refractivity contribution in [3.63, 3.8) is 0 Å². The lowest BCUT2D eigenvalue weighted by molar-refractivity contribution is -0.139. The largest absolute Gasteiger partial charge is 0.481 e. The monoisotopic (exact) mass is 452 g/mol. The normalized spacial score (nSPS) is 13.0. The van der Waals surface area contributed by atoms with Crippen LogP contribution >= 0.6 is 0 Å². The maximum absolute atomic E-state index is 12.5. The summed E-state index contributed by atoms with van der Waals surface area (Å²) in [5.74, 6) is -1.79. The van der Waals surface area contributed by atoms with Gasteiger partial charge in [-0.1, -0.05) is 81.1 Å². The van der Waals surface area contributed by atoms with Crippen LogP contribution in [0.1, 0.15) is 62.5 Å².